The second-order valence-electron chi connectivity index (χ2n) is 10.5. The summed E-state index contributed by atoms with van der Waals surface area (Å²) in [6, 6.07) is 21.8. The van der Waals surface area contributed by atoms with Crippen molar-refractivity contribution in [3.8, 4) is 22.9 Å². The van der Waals surface area contributed by atoms with Gasteiger partial charge in [0.2, 0.25) is 0 Å². The molecule has 0 bridgehead atoms. The maximum Gasteiger partial charge on any atom is 0.335 e. The van der Waals surface area contributed by atoms with Crippen LogP contribution in [-0.4, -0.2) is 34.1 Å². The second-order valence-corrected chi connectivity index (χ2v) is 12.8. The molecule has 5 rings (SSSR count). The topological polar surface area (TPSA) is 103 Å². The largest absolute Gasteiger partial charge is 0.496 e. The summed E-state index contributed by atoms with van der Waals surface area (Å²) in [6.45, 7) is 6.46. The number of benzene rings is 4. The number of hydrogen-bond donors (Lipinski definition) is 1. The lowest BCUT2D eigenvalue weighted by atomic mass is 9.96. The van der Waals surface area contributed by atoms with Gasteiger partial charge in [-0.05, 0) is 129 Å². The molecule has 0 saturated heterocycles. The first-order valence-electron chi connectivity index (χ1n) is 13.8. The number of hydrogen-bond acceptors (Lipinski definition) is 6. The van der Waals surface area contributed by atoms with Crippen LogP contribution < -0.4 is 15.0 Å². The summed E-state index contributed by atoms with van der Waals surface area (Å²) < 4.78 is 14.8. The van der Waals surface area contributed by atoms with Gasteiger partial charge in [-0.3, -0.25) is 4.79 Å². The summed E-state index contributed by atoms with van der Waals surface area (Å²) in [5, 5.41) is 14.3. The Balaban J connectivity index is 1.52. The molecule has 1 N–H and O–H groups in total. The minimum Gasteiger partial charge on any atom is -0.496 e. The number of carbonyl (C=O) groups is 1. The lowest BCUT2D eigenvalue weighted by Crippen LogP contribution is -2.21. The predicted octanol–water partition coefficient (Wildman–Crippen LogP) is 7.87. The Morgan fingerprint density at radius 3 is 2.36 bits per heavy atom. The fourth-order valence-electron chi connectivity index (χ4n) is 4.79. The molecule has 0 unspecified atom stereocenters. The highest BCUT2D eigenvalue weighted by molar-refractivity contribution is 14.1. The number of para-hydroxylation sites is 1. The van der Waals surface area contributed by atoms with Gasteiger partial charge in [-0.25, -0.2) is 9.78 Å². The van der Waals surface area contributed by atoms with Crippen LogP contribution in [0.15, 0.2) is 82.7 Å². The van der Waals surface area contributed by atoms with E-state index in [0.717, 1.165) is 40.7 Å². The van der Waals surface area contributed by atoms with E-state index in [9.17, 15) is 9.59 Å². The first-order chi connectivity index (χ1) is 21.1. The standard InChI is InChI=1S/C34H29I2N3O5/c1-19(2)25-16-26(20(3)13-30(25)43-4)32-38-29-8-6-5-7-24(29)33(40)39(32)37-17-22-14-27(35)31(28(36)15-22)44-18-21-9-11-23(12-10-21)34(41)42/h5-17,19H,18H2,1-4H3,(H,41,42). The molecule has 0 aliphatic heterocycles. The number of aromatic carboxylic acids is 1. The molecule has 44 heavy (non-hydrogen) atoms. The minimum atomic E-state index is -0.966. The Morgan fingerprint density at radius 1 is 1.05 bits per heavy atom. The predicted molar refractivity (Wildman–Crippen MR) is 189 cm³/mol. The van der Waals surface area contributed by atoms with Crippen LogP contribution in [0.3, 0.4) is 0 Å². The summed E-state index contributed by atoms with van der Waals surface area (Å²) in [4.78, 5) is 29.8. The van der Waals surface area contributed by atoms with Gasteiger partial charge in [-0.1, -0.05) is 38.1 Å². The third-order valence-electron chi connectivity index (χ3n) is 7.12. The summed E-state index contributed by atoms with van der Waals surface area (Å²) in [5.74, 6) is 1.19. The van der Waals surface area contributed by atoms with E-state index >= 15 is 0 Å². The molecule has 0 saturated carbocycles. The van der Waals surface area contributed by atoms with Crippen LogP contribution in [0.4, 0.5) is 0 Å². The molecule has 4 aromatic carbocycles. The number of halogens is 2. The van der Waals surface area contributed by atoms with Gasteiger partial charge in [0.1, 0.15) is 18.1 Å². The van der Waals surface area contributed by atoms with Gasteiger partial charge < -0.3 is 14.6 Å². The molecular weight excluding hydrogens is 784 g/mol. The highest BCUT2D eigenvalue weighted by atomic mass is 127. The van der Waals surface area contributed by atoms with Gasteiger partial charge >= 0.3 is 5.97 Å². The van der Waals surface area contributed by atoms with Gasteiger partial charge in [-0.15, -0.1) is 0 Å². The molecule has 0 atom stereocenters. The molecule has 0 fully saturated rings. The fourth-order valence-corrected chi connectivity index (χ4v) is 6.92. The van der Waals surface area contributed by atoms with Crippen LogP contribution in [0, 0.1) is 14.1 Å². The van der Waals surface area contributed by atoms with Crippen molar-refractivity contribution in [1.29, 1.82) is 0 Å². The van der Waals surface area contributed by atoms with Crippen molar-refractivity contribution in [2.24, 2.45) is 5.10 Å². The van der Waals surface area contributed by atoms with Crippen molar-refractivity contribution >= 4 is 68.3 Å². The molecule has 0 radical (unpaired) electrons. The van der Waals surface area contributed by atoms with Gasteiger partial charge in [0.25, 0.3) is 5.56 Å². The number of nitrogens with zero attached hydrogens (tertiary/aromatic N) is 3. The number of rotatable bonds is 9. The zero-order valence-electron chi connectivity index (χ0n) is 24.5. The molecule has 224 valence electrons. The quantitative estimate of drug-likeness (QED) is 0.120. The molecule has 0 aliphatic carbocycles. The number of carboxylic acids is 1. The van der Waals surface area contributed by atoms with Crippen LogP contribution >= 0.6 is 45.2 Å². The average Bonchev–Trinajstić information content (AvgIpc) is 3.00. The van der Waals surface area contributed by atoms with Gasteiger partial charge in [-0.2, -0.15) is 9.78 Å². The third kappa shape index (κ3) is 6.65. The van der Waals surface area contributed by atoms with E-state index < -0.39 is 5.97 Å². The SMILES string of the molecule is COc1cc(C)c(-c2nc3ccccc3c(=O)n2N=Cc2cc(I)c(OCc3ccc(C(=O)O)cc3)c(I)c2)cc1C(C)C. The molecule has 0 amide bonds. The van der Waals surface area contributed by atoms with E-state index in [1.54, 1.807) is 43.7 Å². The Kier molecular flexibility index (Phi) is 9.68. The number of fused-ring (bicyclic) bond motifs is 1. The van der Waals surface area contributed by atoms with Crippen molar-refractivity contribution in [2.75, 3.05) is 7.11 Å². The number of carboxylic acid groups (broad SMARTS) is 1. The zero-order chi connectivity index (χ0) is 31.5. The normalized spacial score (nSPS) is 11.4. The number of methoxy groups -OCH3 is 1. The van der Waals surface area contributed by atoms with Gasteiger partial charge in [0, 0.05) is 5.56 Å². The van der Waals surface area contributed by atoms with Gasteiger partial charge in [0.15, 0.2) is 5.82 Å². The van der Waals surface area contributed by atoms with Crippen molar-refractivity contribution < 1.29 is 19.4 Å². The van der Waals surface area contributed by atoms with Crippen molar-refractivity contribution in [2.45, 2.75) is 33.3 Å². The zero-order valence-corrected chi connectivity index (χ0v) is 28.8. The van der Waals surface area contributed by atoms with E-state index in [0.29, 0.717) is 29.1 Å². The molecule has 1 aromatic heterocycles. The lowest BCUT2D eigenvalue weighted by Gasteiger charge is -2.17. The molecule has 5 aromatic rings. The Bertz CT molecular complexity index is 1940. The Hall–Kier alpha value is -3.78. The maximum atomic E-state index is 13.8. The molecule has 0 aliphatic rings. The van der Waals surface area contributed by atoms with Crippen molar-refractivity contribution in [1.82, 2.24) is 9.66 Å². The fraction of sp³-hybridized carbons (Fsp3) is 0.176. The molecule has 0 spiro atoms. The third-order valence-corrected chi connectivity index (χ3v) is 8.72. The molecule has 10 heteroatoms. The van der Waals surface area contributed by atoms with Crippen molar-refractivity contribution in [3.05, 3.63) is 118 Å². The van der Waals surface area contributed by atoms with E-state index in [4.69, 9.17) is 19.6 Å². The summed E-state index contributed by atoms with van der Waals surface area (Å²) >= 11 is 4.43. The van der Waals surface area contributed by atoms with E-state index in [-0.39, 0.29) is 17.0 Å². The molecular formula is C34H29I2N3O5. The Labute approximate surface area is 282 Å². The van der Waals surface area contributed by atoms with Crippen molar-refractivity contribution in [3.63, 3.8) is 0 Å². The highest BCUT2D eigenvalue weighted by Gasteiger charge is 2.18. The van der Waals surface area contributed by atoms with Crippen LogP contribution in [0.25, 0.3) is 22.3 Å². The first kappa shape index (κ1) is 31.6. The van der Waals surface area contributed by atoms with Gasteiger partial charge in [0.05, 0.1) is 36.9 Å². The van der Waals surface area contributed by atoms with E-state index in [2.05, 4.69) is 64.1 Å². The maximum absolute atomic E-state index is 13.8. The highest BCUT2D eigenvalue weighted by Crippen LogP contribution is 2.34. The number of ether oxygens (including phenoxy) is 2. The van der Waals surface area contributed by atoms with Crippen LogP contribution in [0.5, 0.6) is 11.5 Å². The number of aromatic nitrogens is 2. The first-order valence-corrected chi connectivity index (χ1v) is 15.9. The molecule has 1 heterocycles. The van der Waals surface area contributed by atoms with Crippen LogP contribution in [-0.2, 0) is 6.61 Å². The Morgan fingerprint density at radius 2 is 1.73 bits per heavy atom. The summed E-state index contributed by atoms with van der Waals surface area (Å²) in [6.07, 6.45) is 1.66. The molecule has 8 nitrogen and oxygen atoms in total. The smallest absolute Gasteiger partial charge is 0.335 e. The average molecular weight is 813 g/mol. The second kappa shape index (κ2) is 13.5. The minimum absolute atomic E-state index is 0.197. The number of aryl methyl sites for hydroxylation is 1. The van der Waals surface area contributed by atoms with E-state index in [1.165, 1.54) is 4.68 Å². The summed E-state index contributed by atoms with van der Waals surface area (Å²) in [5.41, 5.74) is 4.95. The lowest BCUT2D eigenvalue weighted by molar-refractivity contribution is 0.0697. The van der Waals surface area contributed by atoms with Crippen LogP contribution in [0.2, 0.25) is 0 Å². The summed E-state index contributed by atoms with van der Waals surface area (Å²) in [7, 11) is 1.66. The van der Waals surface area contributed by atoms with Crippen LogP contribution in [0.1, 0.15) is 52.4 Å². The monoisotopic (exact) mass is 813 g/mol. The van der Waals surface area contributed by atoms with E-state index in [1.807, 2.05) is 49.4 Å².